The fourth-order valence-corrected chi connectivity index (χ4v) is 5.08. The van der Waals surface area contributed by atoms with Crippen molar-refractivity contribution in [2.45, 2.75) is 25.1 Å². The Morgan fingerprint density at radius 3 is 2.64 bits per heavy atom. The van der Waals surface area contributed by atoms with Crippen molar-refractivity contribution in [2.75, 3.05) is 13.1 Å². The molecule has 0 spiro atoms. The van der Waals surface area contributed by atoms with Gasteiger partial charge in [0, 0.05) is 24.7 Å². The highest BCUT2D eigenvalue weighted by atomic mass is 35.5. The zero-order chi connectivity index (χ0) is 20.1. The maximum atomic E-state index is 13.0. The molecule has 5 nitrogen and oxygen atoms in total. The fraction of sp³-hybridized carbons (Fsp3) is 0.350. The number of hydrogen-bond acceptors (Lipinski definition) is 3. The molecule has 0 saturated carbocycles. The zero-order valence-corrected chi connectivity index (χ0v) is 16.8. The van der Waals surface area contributed by atoms with Gasteiger partial charge in [0.2, 0.25) is 15.9 Å². The molecule has 1 atom stereocenters. The monoisotopic (exact) mass is 424 g/mol. The number of benzene rings is 2. The molecule has 28 heavy (non-hydrogen) atoms. The molecular formula is C20H22ClFN2O3S. The zero-order valence-electron chi connectivity index (χ0n) is 15.3. The van der Waals surface area contributed by atoms with Gasteiger partial charge in [0.05, 0.1) is 11.7 Å². The number of carbonyl (C=O) groups is 1. The molecule has 1 amide bonds. The first kappa shape index (κ1) is 20.8. The Kier molecular flexibility index (Phi) is 6.69. The molecule has 3 rings (SSSR count). The molecule has 1 saturated heterocycles. The number of carbonyl (C=O) groups excluding carboxylic acids is 1. The van der Waals surface area contributed by atoms with Gasteiger partial charge in [-0.1, -0.05) is 35.9 Å². The first-order valence-electron chi connectivity index (χ1n) is 9.08. The number of piperidine rings is 1. The quantitative estimate of drug-likeness (QED) is 0.773. The Hall–Kier alpha value is -1.96. The maximum Gasteiger partial charge on any atom is 0.224 e. The first-order chi connectivity index (χ1) is 13.3. The van der Waals surface area contributed by atoms with Crippen molar-refractivity contribution < 1.29 is 17.6 Å². The second kappa shape index (κ2) is 9.03. The van der Waals surface area contributed by atoms with Gasteiger partial charge in [-0.3, -0.25) is 4.79 Å². The number of nitrogens with zero attached hydrogens (tertiary/aromatic N) is 1. The summed E-state index contributed by atoms with van der Waals surface area (Å²) in [6, 6.07) is 12.7. The summed E-state index contributed by atoms with van der Waals surface area (Å²) in [6.07, 6.45) is 1.27. The lowest BCUT2D eigenvalue weighted by molar-refractivity contribution is -0.126. The molecule has 1 heterocycles. The molecule has 2 aromatic rings. The van der Waals surface area contributed by atoms with E-state index in [1.54, 1.807) is 36.4 Å². The normalized spacial score (nSPS) is 18.0. The van der Waals surface area contributed by atoms with Crippen molar-refractivity contribution in [3.8, 4) is 0 Å². The third kappa shape index (κ3) is 5.53. The van der Waals surface area contributed by atoms with E-state index in [9.17, 15) is 17.6 Å². The van der Waals surface area contributed by atoms with E-state index >= 15 is 0 Å². The van der Waals surface area contributed by atoms with E-state index in [0.29, 0.717) is 30.0 Å². The van der Waals surface area contributed by atoms with E-state index in [4.69, 9.17) is 11.6 Å². The van der Waals surface area contributed by atoms with Crippen LogP contribution < -0.4 is 5.32 Å². The van der Waals surface area contributed by atoms with E-state index < -0.39 is 15.9 Å². The van der Waals surface area contributed by atoms with E-state index in [1.165, 1.54) is 16.4 Å². The van der Waals surface area contributed by atoms with Crippen molar-refractivity contribution >= 4 is 27.5 Å². The summed E-state index contributed by atoms with van der Waals surface area (Å²) in [5.74, 6) is -1.06. The standard InChI is InChI=1S/C20H22ClFN2O3S/c21-18-5-1-3-16(11-18)14-28(26,27)24-10-2-4-17(13-24)20(25)23-12-15-6-8-19(22)9-7-15/h1,3,5-9,11,17H,2,4,10,12-14H2,(H,23,25). The van der Waals surface area contributed by atoms with Gasteiger partial charge in [0.25, 0.3) is 0 Å². The van der Waals surface area contributed by atoms with Crippen LogP contribution in [0.5, 0.6) is 0 Å². The molecule has 1 unspecified atom stereocenters. The highest BCUT2D eigenvalue weighted by Gasteiger charge is 2.32. The highest BCUT2D eigenvalue weighted by molar-refractivity contribution is 7.88. The van der Waals surface area contributed by atoms with Gasteiger partial charge in [-0.2, -0.15) is 0 Å². The van der Waals surface area contributed by atoms with Crippen LogP contribution in [0.4, 0.5) is 4.39 Å². The molecule has 1 fully saturated rings. The minimum Gasteiger partial charge on any atom is -0.352 e. The lowest BCUT2D eigenvalue weighted by atomic mass is 9.99. The Bertz CT molecular complexity index is 935. The maximum absolute atomic E-state index is 13.0. The number of hydrogen-bond donors (Lipinski definition) is 1. The Morgan fingerprint density at radius 1 is 1.18 bits per heavy atom. The van der Waals surface area contributed by atoms with Crippen LogP contribution in [0.3, 0.4) is 0 Å². The fourth-order valence-electron chi connectivity index (χ4n) is 3.27. The molecule has 1 aliphatic rings. The lowest BCUT2D eigenvalue weighted by Crippen LogP contribution is -2.45. The number of amides is 1. The van der Waals surface area contributed by atoms with Gasteiger partial charge in [0.15, 0.2) is 0 Å². The molecule has 2 aromatic carbocycles. The largest absolute Gasteiger partial charge is 0.352 e. The van der Waals surface area contributed by atoms with Crippen LogP contribution >= 0.6 is 11.6 Å². The molecule has 0 bridgehead atoms. The lowest BCUT2D eigenvalue weighted by Gasteiger charge is -2.31. The molecule has 8 heteroatoms. The van der Waals surface area contributed by atoms with E-state index in [1.807, 2.05) is 0 Å². The Labute approximate surface area is 169 Å². The minimum atomic E-state index is -3.54. The van der Waals surface area contributed by atoms with Crippen LogP contribution in [-0.2, 0) is 27.1 Å². The van der Waals surface area contributed by atoms with Crippen LogP contribution in [0.1, 0.15) is 24.0 Å². The second-order valence-electron chi connectivity index (χ2n) is 6.93. The van der Waals surface area contributed by atoms with Gasteiger partial charge in [-0.05, 0) is 48.2 Å². The summed E-state index contributed by atoms with van der Waals surface area (Å²) in [7, 11) is -3.54. The number of halogens is 2. The third-order valence-corrected chi connectivity index (χ3v) is 6.82. The molecule has 0 aliphatic carbocycles. The summed E-state index contributed by atoms with van der Waals surface area (Å²) in [5, 5.41) is 3.31. The van der Waals surface area contributed by atoms with Crippen LogP contribution in [0.25, 0.3) is 0 Å². The summed E-state index contributed by atoms with van der Waals surface area (Å²) in [4.78, 5) is 12.5. The molecule has 0 aromatic heterocycles. The first-order valence-corrected chi connectivity index (χ1v) is 11.1. The number of rotatable bonds is 6. The van der Waals surface area contributed by atoms with Crippen molar-refractivity contribution in [3.63, 3.8) is 0 Å². The van der Waals surface area contributed by atoms with Gasteiger partial charge >= 0.3 is 0 Å². The summed E-state index contributed by atoms with van der Waals surface area (Å²) in [5.41, 5.74) is 1.41. The van der Waals surface area contributed by atoms with Gasteiger partial charge in [0.1, 0.15) is 5.82 Å². The highest BCUT2D eigenvalue weighted by Crippen LogP contribution is 2.22. The van der Waals surface area contributed by atoms with Crippen LogP contribution in [0, 0.1) is 11.7 Å². The van der Waals surface area contributed by atoms with E-state index in [-0.39, 0.29) is 30.6 Å². The topological polar surface area (TPSA) is 66.5 Å². The summed E-state index contributed by atoms with van der Waals surface area (Å²) >= 11 is 5.94. The van der Waals surface area contributed by atoms with Crippen molar-refractivity contribution in [1.29, 1.82) is 0 Å². The molecule has 0 radical (unpaired) electrons. The van der Waals surface area contributed by atoms with Crippen molar-refractivity contribution in [1.82, 2.24) is 9.62 Å². The molecule has 150 valence electrons. The number of sulfonamides is 1. The molecule has 1 N–H and O–H groups in total. The summed E-state index contributed by atoms with van der Waals surface area (Å²) in [6.45, 7) is 0.855. The van der Waals surface area contributed by atoms with Gasteiger partial charge < -0.3 is 5.32 Å². The number of nitrogens with one attached hydrogen (secondary N) is 1. The van der Waals surface area contributed by atoms with E-state index in [2.05, 4.69) is 5.32 Å². The van der Waals surface area contributed by atoms with E-state index in [0.717, 1.165) is 5.56 Å². The summed E-state index contributed by atoms with van der Waals surface area (Å²) < 4.78 is 39.9. The second-order valence-corrected chi connectivity index (χ2v) is 9.33. The smallest absolute Gasteiger partial charge is 0.224 e. The minimum absolute atomic E-state index is 0.141. The van der Waals surface area contributed by atoms with Crippen molar-refractivity contribution in [2.24, 2.45) is 5.92 Å². The third-order valence-electron chi connectivity index (χ3n) is 4.77. The van der Waals surface area contributed by atoms with Gasteiger partial charge in [-0.25, -0.2) is 17.1 Å². The Balaban J connectivity index is 1.59. The molecule has 1 aliphatic heterocycles. The van der Waals surface area contributed by atoms with Crippen LogP contribution in [0.15, 0.2) is 48.5 Å². The van der Waals surface area contributed by atoms with Crippen molar-refractivity contribution in [3.05, 3.63) is 70.5 Å². The SMILES string of the molecule is O=C(NCc1ccc(F)cc1)C1CCCN(S(=O)(=O)Cc2cccc(Cl)c2)C1. The van der Waals surface area contributed by atoms with Crippen LogP contribution in [-0.4, -0.2) is 31.7 Å². The predicted octanol–water partition coefficient (Wildman–Crippen LogP) is 3.34. The molecular weight excluding hydrogens is 403 g/mol. The average molecular weight is 425 g/mol. The predicted molar refractivity (Wildman–Crippen MR) is 107 cm³/mol. The van der Waals surface area contributed by atoms with Gasteiger partial charge in [-0.15, -0.1) is 0 Å². The average Bonchev–Trinajstić information content (AvgIpc) is 2.67. The van der Waals surface area contributed by atoms with Crippen LogP contribution in [0.2, 0.25) is 5.02 Å². The Morgan fingerprint density at radius 2 is 1.93 bits per heavy atom.